The molecule has 1 unspecified atom stereocenters. The summed E-state index contributed by atoms with van der Waals surface area (Å²) in [6, 6.07) is 11.7. The Labute approximate surface area is 220 Å². The molecule has 0 saturated carbocycles. The summed E-state index contributed by atoms with van der Waals surface area (Å²) in [4.78, 5) is 12.1. The molecule has 0 saturated heterocycles. The molecule has 3 aromatic rings. The molecule has 1 N–H and O–H groups in total. The van der Waals surface area contributed by atoms with Crippen molar-refractivity contribution >= 4 is 53.1 Å². The zero-order valence-electron chi connectivity index (χ0n) is 20.4. The van der Waals surface area contributed by atoms with E-state index in [-0.39, 0.29) is 30.9 Å². The lowest BCUT2D eigenvalue weighted by Crippen LogP contribution is -2.25. The van der Waals surface area contributed by atoms with E-state index in [9.17, 15) is 0 Å². The van der Waals surface area contributed by atoms with E-state index < -0.39 is 0 Å². The number of nitrogens with one attached hydrogen (secondary N) is 1. The van der Waals surface area contributed by atoms with E-state index in [4.69, 9.17) is 31.0 Å². The number of halogens is 3. The first-order valence-electron chi connectivity index (χ1n) is 11.2. The highest BCUT2D eigenvalue weighted by Gasteiger charge is 2.16. The smallest absolute Gasteiger partial charge is 0.162 e. The molecule has 0 bridgehead atoms. The summed E-state index contributed by atoms with van der Waals surface area (Å²) in [5.74, 6) is 2.72. The fraction of sp³-hybridized carbons (Fsp3) is 0.440. The average Bonchev–Trinajstić information content (AvgIpc) is 2.81. The minimum absolute atomic E-state index is 0. The molecule has 188 valence electrons. The van der Waals surface area contributed by atoms with Crippen LogP contribution in [-0.4, -0.2) is 54.8 Å². The van der Waals surface area contributed by atoms with Crippen LogP contribution in [-0.2, 0) is 0 Å². The van der Waals surface area contributed by atoms with Crippen LogP contribution in [0.15, 0.2) is 36.4 Å². The number of anilines is 1. The molecular weight excluding hydrogens is 495 g/mol. The van der Waals surface area contributed by atoms with Gasteiger partial charge in [-0.25, -0.2) is 9.97 Å². The lowest BCUT2D eigenvalue weighted by Gasteiger charge is -2.21. The predicted molar refractivity (Wildman–Crippen MR) is 148 cm³/mol. The van der Waals surface area contributed by atoms with E-state index >= 15 is 0 Å². The van der Waals surface area contributed by atoms with Crippen LogP contribution in [0.1, 0.15) is 33.6 Å². The van der Waals surface area contributed by atoms with Gasteiger partial charge >= 0.3 is 0 Å². The quantitative estimate of drug-likeness (QED) is 0.297. The Morgan fingerprint density at radius 3 is 2.18 bits per heavy atom. The average molecular weight is 530 g/mol. The third-order valence-electron chi connectivity index (χ3n) is 5.69. The molecule has 0 aliphatic rings. The second-order valence-electron chi connectivity index (χ2n) is 7.84. The number of hydrogen-bond acceptors (Lipinski definition) is 6. The second kappa shape index (κ2) is 14.4. The van der Waals surface area contributed by atoms with Gasteiger partial charge in [0.25, 0.3) is 0 Å². The molecule has 3 rings (SSSR count). The summed E-state index contributed by atoms with van der Waals surface area (Å²) in [5, 5.41) is 5.19. The zero-order valence-corrected chi connectivity index (χ0v) is 22.8. The Balaban J connectivity index is 0.00000289. The topological polar surface area (TPSA) is 59.5 Å². The van der Waals surface area contributed by atoms with Gasteiger partial charge in [-0.3, -0.25) is 0 Å². The van der Waals surface area contributed by atoms with Crippen LogP contribution >= 0.6 is 36.4 Å². The molecule has 34 heavy (non-hydrogen) atoms. The van der Waals surface area contributed by atoms with Crippen LogP contribution < -0.4 is 14.8 Å². The Hall–Kier alpha value is -1.99. The number of rotatable bonds is 11. The van der Waals surface area contributed by atoms with Crippen LogP contribution in [0.4, 0.5) is 5.82 Å². The van der Waals surface area contributed by atoms with Crippen molar-refractivity contribution in [3.05, 3.63) is 41.4 Å². The van der Waals surface area contributed by atoms with Crippen molar-refractivity contribution < 1.29 is 9.47 Å². The van der Waals surface area contributed by atoms with Gasteiger partial charge in [-0.1, -0.05) is 25.4 Å². The molecule has 0 aliphatic carbocycles. The molecule has 0 fully saturated rings. The minimum atomic E-state index is 0. The van der Waals surface area contributed by atoms with E-state index in [1.807, 2.05) is 36.4 Å². The maximum atomic E-state index is 6.07. The number of fused-ring (bicyclic) bond motifs is 1. The summed E-state index contributed by atoms with van der Waals surface area (Å²) in [6.45, 7) is 9.88. The normalized spacial score (nSPS) is 11.5. The van der Waals surface area contributed by atoms with Crippen molar-refractivity contribution in [1.29, 1.82) is 0 Å². The first-order valence-corrected chi connectivity index (χ1v) is 11.5. The molecule has 1 heterocycles. The molecule has 1 atom stereocenters. The van der Waals surface area contributed by atoms with Crippen LogP contribution in [0.2, 0.25) is 5.02 Å². The number of benzene rings is 2. The maximum absolute atomic E-state index is 6.07. The van der Waals surface area contributed by atoms with Gasteiger partial charge in [0.15, 0.2) is 17.3 Å². The Morgan fingerprint density at radius 2 is 1.59 bits per heavy atom. The summed E-state index contributed by atoms with van der Waals surface area (Å²) in [6.07, 6.45) is 2.17. The lowest BCUT2D eigenvalue weighted by atomic mass is 10.1. The fourth-order valence-electron chi connectivity index (χ4n) is 3.76. The van der Waals surface area contributed by atoms with Gasteiger partial charge in [0.05, 0.1) is 19.7 Å². The summed E-state index contributed by atoms with van der Waals surface area (Å²) in [7, 11) is 3.26. The monoisotopic (exact) mass is 528 g/mol. The first-order chi connectivity index (χ1) is 15.5. The SMILES string of the molecule is CCN(CC)CCCC(C)Nc1nc(-c2ccc(Cl)cc2)nc2cc(OC)c(OC)cc12.Cl.Cl. The summed E-state index contributed by atoms with van der Waals surface area (Å²) < 4.78 is 11.0. The lowest BCUT2D eigenvalue weighted by molar-refractivity contribution is 0.295. The van der Waals surface area contributed by atoms with Crippen LogP contribution in [0.3, 0.4) is 0 Å². The van der Waals surface area contributed by atoms with Crippen LogP contribution in [0, 0.1) is 0 Å². The Kier molecular flexibility index (Phi) is 12.7. The van der Waals surface area contributed by atoms with Gasteiger partial charge in [0, 0.05) is 28.1 Å². The van der Waals surface area contributed by atoms with E-state index in [1.165, 1.54) is 0 Å². The van der Waals surface area contributed by atoms with E-state index in [0.29, 0.717) is 22.3 Å². The largest absolute Gasteiger partial charge is 0.493 e. The molecule has 2 aromatic carbocycles. The number of hydrogen-bond donors (Lipinski definition) is 1. The molecule has 0 radical (unpaired) electrons. The van der Waals surface area contributed by atoms with Gasteiger partial charge < -0.3 is 19.7 Å². The molecule has 9 heteroatoms. The van der Waals surface area contributed by atoms with E-state index in [0.717, 1.165) is 54.8 Å². The van der Waals surface area contributed by atoms with Crippen molar-refractivity contribution in [3.63, 3.8) is 0 Å². The summed E-state index contributed by atoms with van der Waals surface area (Å²) in [5.41, 5.74) is 1.70. The molecule has 0 spiro atoms. The van der Waals surface area contributed by atoms with E-state index in [2.05, 4.69) is 31.0 Å². The van der Waals surface area contributed by atoms with Crippen molar-refractivity contribution in [2.75, 3.05) is 39.2 Å². The van der Waals surface area contributed by atoms with Gasteiger partial charge in [0.1, 0.15) is 5.82 Å². The highest BCUT2D eigenvalue weighted by atomic mass is 35.5. The van der Waals surface area contributed by atoms with Gasteiger partial charge in [-0.2, -0.15) is 0 Å². The van der Waals surface area contributed by atoms with Crippen molar-refractivity contribution in [2.45, 2.75) is 39.7 Å². The van der Waals surface area contributed by atoms with E-state index in [1.54, 1.807) is 14.2 Å². The molecular formula is C25H35Cl3N4O2. The molecule has 0 aliphatic heterocycles. The van der Waals surface area contributed by atoms with Gasteiger partial charge in [0.2, 0.25) is 0 Å². The van der Waals surface area contributed by atoms with Gasteiger partial charge in [-0.05, 0) is 69.7 Å². The molecule has 6 nitrogen and oxygen atoms in total. The first kappa shape index (κ1) is 30.0. The third kappa shape index (κ3) is 7.51. The Bertz CT molecular complexity index is 1030. The number of ether oxygens (including phenoxy) is 2. The Morgan fingerprint density at radius 1 is 0.971 bits per heavy atom. The number of nitrogens with zero attached hydrogens (tertiary/aromatic N) is 3. The van der Waals surface area contributed by atoms with Crippen molar-refractivity contribution in [2.24, 2.45) is 0 Å². The number of aromatic nitrogens is 2. The molecule has 0 amide bonds. The second-order valence-corrected chi connectivity index (χ2v) is 8.28. The van der Waals surface area contributed by atoms with Crippen LogP contribution in [0.25, 0.3) is 22.3 Å². The third-order valence-corrected chi connectivity index (χ3v) is 5.94. The highest BCUT2D eigenvalue weighted by molar-refractivity contribution is 6.30. The number of methoxy groups -OCH3 is 2. The highest BCUT2D eigenvalue weighted by Crippen LogP contribution is 2.35. The molecule has 1 aromatic heterocycles. The predicted octanol–water partition coefficient (Wildman–Crippen LogP) is 6.73. The zero-order chi connectivity index (χ0) is 23.1. The summed E-state index contributed by atoms with van der Waals surface area (Å²) >= 11 is 6.07. The van der Waals surface area contributed by atoms with Crippen LogP contribution in [0.5, 0.6) is 11.5 Å². The van der Waals surface area contributed by atoms with Gasteiger partial charge in [-0.15, -0.1) is 24.8 Å². The minimum Gasteiger partial charge on any atom is -0.493 e. The standard InChI is InChI=1S/C25H33ClN4O2.2ClH/c1-6-30(7-2)14-8-9-17(3)27-25-20-15-22(31-4)23(32-5)16-21(20)28-24(29-25)18-10-12-19(26)13-11-18;;/h10-13,15-17H,6-9,14H2,1-5H3,(H,27,28,29);2*1H. The van der Waals surface area contributed by atoms with Crippen molar-refractivity contribution in [3.8, 4) is 22.9 Å². The van der Waals surface area contributed by atoms with Crippen molar-refractivity contribution in [1.82, 2.24) is 14.9 Å². The maximum Gasteiger partial charge on any atom is 0.162 e. The fourth-order valence-corrected chi connectivity index (χ4v) is 3.89.